The third-order valence-electron chi connectivity index (χ3n) is 1.98. The lowest BCUT2D eigenvalue weighted by Gasteiger charge is -2.10. The van der Waals surface area contributed by atoms with E-state index in [4.69, 9.17) is 11.5 Å². The Morgan fingerprint density at radius 1 is 1.38 bits per heavy atom. The first-order valence-electron chi connectivity index (χ1n) is 4.80. The number of nitrogens with one attached hydrogen (secondary N) is 1. The molecule has 1 heterocycles. The molecule has 0 fully saturated rings. The number of rotatable bonds is 5. The van der Waals surface area contributed by atoms with Gasteiger partial charge in [-0.1, -0.05) is 0 Å². The first-order chi connectivity index (χ1) is 7.59. The van der Waals surface area contributed by atoms with Crippen molar-refractivity contribution in [2.45, 2.75) is 12.5 Å². The van der Waals surface area contributed by atoms with Crippen LogP contribution < -0.4 is 16.8 Å². The molecule has 0 aromatic carbocycles. The summed E-state index contributed by atoms with van der Waals surface area (Å²) in [6.45, 7) is -0.192. The van der Waals surface area contributed by atoms with Gasteiger partial charge in [0, 0.05) is 12.4 Å². The molecule has 1 aromatic heterocycles. The van der Waals surface area contributed by atoms with Gasteiger partial charge in [0.2, 0.25) is 11.8 Å². The van der Waals surface area contributed by atoms with E-state index in [-0.39, 0.29) is 6.54 Å². The summed E-state index contributed by atoms with van der Waals surface area (Å²) in [7, 11) is 0. The molecular formula is C10H14N4O2. The van der Waals surface area contributed by atoms with Crippen molar-refractivity contribution in [2.24, 2.45) is 11.5 Å². The van der Waals surface area contributed by atoms with Gasteiger partial charge in [0.25, 0.3) is 0 Å². The van der Waals surface area contributed by atoms with E-state index in [0.717, 1.165) is 5.56 Å². The molecule has 1 rings (SSSR count). The molecule has 0 aliphatic heterocycles. The zero-order valence-electron chi connectivity index (χ0n) is 8.72. The molecule has 5 N–H and O–H groups in total. The van der Waals surface area contributed by atoms with E-state index in [9.17, 15) is 9.59 Å². The summed E-state index contributed by atoms with van der Waals surface area (Å²) in [4.78, 5) is 25.7. The topological polar surface area (TPSA) is 111 Å². The zero-order chi connectivity index (χ0) is 12.0. The number of carbonyl (C=O) groups is 2. The van der Waals surface area contributed by atoms with E-state index in [1.54, 1.807) is 24.5 Å². The van der Waals surface area contributed by atoms with Crippen molar-refractivity contribution in [3.05, 3.63) is 30.1 Å². The smallest absolute Gasteiger partial charge is 0.237 e. The van der Waals surface area contributed by atoms with Gasteiger partial charge in [-0.3, -0.25) is 14.6 Å². The van der Waals surface area contributed by atoms with Crippen molar-refractivity contribution in [1.29, 1.82) is 0 Å². The second-order valence-electron chi connectivity index (χ2n) is 3.35. The van der Waals surface area contributed by atoms with Crippen molar-refractivity contribution in [1.82, 2.24) is 10.3 Å². The predicted molar refractivity (Wildman–Crippen MR) is 58.1 cm³/mol. The van der Waals surface area contributed by atoms with Crippen molar-refractivity contribution in [3.8, 4) is 0 Å². The third kappa shape index (κ3) is 4.05. The molecule has 0 aliphatic carbocycles. The van der Waals surface area contributed by atoms with E-state index in [2.05, 4.69) is 10.3 Å². The number of amides is 2. The minimum absolute atomic E-state index is 0.192. The van der Waals surface area contributed by atoms with Crippen LogP contribution in [0.4, 0.5) is 0 Å². The van der Waals surface area contributed by atoms with Crippen LogP contribution in [0, 0.1) is 0 Å². The summed E-state index contributed by atoms with van der Waals surface area (Å²) in [5.74, 6) is -0.986. The summed E-state index contributed by atoms with van der Waals surface area (Å²) in [5.41, 5.74) is 11.5. The van der Waals surface area contributed by atoms with Crippen molar-refractivity contribution in [3.63, 3.8) is 0 Å². The number of pyridine rings is 1. The quantitative estimate of drug-likeness (QED) is 0.566. The Balaban J connectivity index is 2.43. The molecule has 6 nitrogen and oxygen atoms in total. The van der Waals surface area contributed by atoms with Gasteiger partial charge in [-0.15, -0.1) is 0 Å². The minimum Gasteiger partial charge on any atom is -0.368 e. The average Bonchev–Trinajstić information content (AvgIpc) is 2.27. The number of primary amides is 1. The number of hydrogen-bond acceptors (Lipinski definition) is 4. The predicted octanol–water partition coefficient (Wildman–Crippen LogP) is -1.45. The van der Waals surface area contributed by atoms with E-state index < -0.39 is 17.9 Å². The second kappa shape index (κ2) is 5.82. The molecule has 1 atom stereocenters. The van der Waals surface area contributed by atoms with Gasteiger partial charge in [0.05, 0.1) is 12.6 Å². The Kier molecular flexibility index (Phi) is 4.41. The van der Waals surface area contributed by atoms with Gasteiger partial charge >= 0.3 is 0 Å². The van der Waals surface area contributed by atoms with Gasteiger partial charge in [-0.2, -0.15) is 0 Å². The molecule has 86 valence electrons. The minimum atomic E-state index is -0.693. The number of aromatic nitrogens is 1. The van der Waals surface area contributed by atoms with Crippen LogP contribution in [-0.2, 0) is 16.0 Å². The second-order valence-corrected chi connectivity index (χ2v) is 3.35. The van der Waals surface area contributed by atoms with Crippen LogP contribution in [0.1, 0.15) is 5.56 Å². The highest BCUT2D eigenvalue weighted by Crippen LogP contribution is 1.99. The summed E-state index contributed by atoms with van der Waals surface area (Å²) in [6.07, 6.45) is 3.65. The molecule has 1 aromatic rings. The van der Waals surface area contributed by atoms with E-state index >= 15 is 0 Å². The molecule has 1 unspecified atom stereocenters. The Morgan fingerprint density at radius 2 is 2.00 bits per heavy atom. The SMILES string of the molecule is NC(=O)CNC(=O)C(N)Cc1ccncc1. The van der Waals surface area contributed by atoms with Gasteiger partial charge in [-0.05, 0) is 24.1 Å². The summed E-state index contributed by atoms with van der Waals surface area (Å²) in [6, 6.07) is 2.87. The van der Waals surface area contributed by atoms with Crippen LogP contribution >= 0.6 is 0 Å². The maximum absolute atomic E-state index is 11.4. The highest BCUT2D eigenvalue weighted by atomic mass is 16.2. The monoisotopic (exact) mass is 222 g/mol. The van der Waals surface area contributed by atoms with E-state index in [1.165, 1.54) is 0 Å². The van der Waals surface area contributed by atoms with Crippen LogP contribution in [-0.4, -0.2) is 29.4 Å². The van der Waals surface area contributed by atoms with Crippen LogP contribution in [0.3, 0.4) is 0 Å². The number of nitrogens with zero attached hydrogens (tertiary/aromatic N) is 1. The molecular weight excluding hydrogens is 208 g/mol. The Bertz CT molecular complexity index is 366. The zero-order valence-corrected chi connectivity index (χ0v) is 8.72. The summed E-state index contributed by atoms with van der Waals surface area (Å²) >= 11 is 0. The molecule has 0 radical (unpaired) electrons. The molecule has 0 saturated carbocycles. The average molecular weight is 222 g/mol. The largest absolute Gasteiger partial charge is 0.368 e. The van der Waals surface area contributed by atoms with Crippen LogP contribution in [0.5, 0.6) is 0 Å². The lowest BCUT2D eigenvalue weighted by molar-refractivity contribution is -0.125. The number of nitrogens with two attached hydrogens (primary N) is 2. The summed E-state index contributed by atoms with van der Waals surface area (Å²) < 4.78 is 0. The molecule has 16 heavy (non-hydrogen) atoms. The fourth-order valence-corrected chi connectivity index (χ4v) is 1.17. The molecule has 0 saturated heterocycles. The highest BCUT2D eigenvalue weighted by Gasteiger charge is 2.13. The van der Waals surface area contributed by atoms with Gasteiger partial charge < -0.3 is 16.8 Å². The molecule has 2 amide bonds. The first-order valence-corrected chi connectivity index (χ1v) is 4.80. The van der Waals surface area contributed by atoms with Crippen molar-refractivity contribution >= 4 is 11.8 Å². The Hall–Kier alpha value is -1.95. The highest BCUT2D eigenvalue weighted by molar-refractivity contribution is 5.86. The van der Waals surface area contributed by atoms with Crippen LogP contribution in [0.25, 0.3) is 0 Å². The Labute approximate surface area is 93.0 Å². The standard InChI is InChI=1S/C10H14N4O2/c11-8(10(16)14-6-9(12)15)5-7-1-3-13-4-2-7/h1-4,8H,5-6,11H2,(H2,12,15)(H,14,16). The van der Waals surface area contributed by atoms with Gasteiger partial charge in [0.1, 0.15) is 0 Å². The van der Waals surface area contributed by atoms with Gasteiger partial charge in [0.15, 0.2) is 0 Å². The fourth-order valence-electron chi connectivity index (χ4n) is 1.17. The van der Waals surface area contributed by atoms with E-state index in [0.29, 0.717) is 6.42 Å². The molecule has 0 spiro atoms. The maximum atomic E-state index is 11.4. The molecule has 0 aliphatic rings. The fraction of sp³-hybridized carbons (Fsp3) is 0.300. The Morgan fingerprint density at radius 3 is 2.56 bits per heavy atom. The molecule has 0 bridgehead atoms. The first kappa shape index (κ1) is 12.1. The lowest BCUT2D eigenvalue weighted by Crippen LogP contribution is -2.44. The maximum Gasteiger partial charge on any atom is 0.237 e. The van der Waals surface area contributed by atoms with E-state index in [1.807, 2.05) is 0 Å². The molecule has 6 heteroatoms. The number of carbonyl (C=O) groups excluding carboxylic acids is 2. The van der Waals surface area contributed by atoms with Gasteiger partial charge in [-0.25, -0.2) is 0 Å². The normalized spacial score (nSPS) is 11.8. The van der Waals surface area contributed by atoms with Crippen molar-refractivity contribution < 1.29 is 9.59 Å². The van der Waals surface area contributed by atoms with Crippen LogP contribution in [0.2, 0.25) is 0 Å². The summed E-state index contributed by atoms with van der Waals surface area (Å²) in [5, 5.41) is 2.35. The number of hydrogen-bond donors (Lipinski definition) is 3. The third-order valence-corrected chi connectivity index (χ3v) is 1.98. The van der Waals surface area contributed by atoms with Crippen molar-refractivity contribution in [2.75, 3.05) is 6.54 Å². The lowest BCUT2D eigenvalue weighted by atomic mass is 10.1. The van der Waals surface area contributed by atoms with Crippen LogP contribution in [0.15, 0.2) is 24.5 Å².